The SMILES string of the molecule is CC(C(N)=O)N1CCC(N2CCCCC2)C1. The second kappa shape index (κ2) is 5.15. The molecular weight excluding hydrogens is 202 g/mol. The van der Waals surface area contributed by atoms with E-state index in [1.807, 2.05) is 6.92 Å². The lowest BCUT2D eigenvalue weighted by Crippen LogP contribution is -2.45. The molecule has 2 unspecified atom stereocenters. The molecule has 4 heteroatoms. The van der Waals surface area contributed by atoms with E-state index >= 15 is 0 Å². The summed E-state index contributed by atoms with van der Waals surface area (Å²) in [6, 6.07) is 0.553. The van der Waals surface area contributed by atoms with Crippen molar-refractivity contribution < 1.29 is 4.79 Å². The Hall–Kier alpha value is -0.610. The molecule has 2 N–H and O–H groups in total. The molecule has 16 heavy (non-hydrogen) atoms. The van der Waals surface area contributed by atoms with E-state index in [0.717, 1.165) is 13.1 Å². The van der Waals surface area contributed by atoms with Crippen molar-refractivity contribution in [1.82, 2.24) is 9.80 Å². The molecule has 0 bridgehead atoms. The van der Waals surface area contributed by atoms with Crippen LogP contribution in [0.1, 0.15) is 32.6 Å². The second-order valence-electron chi connectivity index (χ2n) is 5.11. The van der Waals surface area contributed by atoms with Crippen LogP contribution in [-0.4, -0.2) is 54.0 Å². The number of carbonyl (C=O) groups excluding carboxylic acids is 1. The molecule has 2 atom stereocenters. The van der Waals surface area contributed by atoms with E-state index < -0.39 is 0 Å². The van der Waals surface area contributed by atoms with E-state index in [9.17, 15) is 4.79 Å². The van der Waals surface area contributed by atoms with Gasteiger partial charge in [-0.25, -0.2) is 0 Å². The van der Waals surface area contributed by atoms with Gasteiger partial charge in [-0.3, -0.25) is 14.6 Å². The Morgan fingerprint density at radius 3 is 2.56 bits per heavy atom. The van der Waals surface area contributed by atoms with Gasteiger partial charge in [-0.1, -0.05) is 6.42 Å². The Bertz CT molecular complexity index is 251. The van der Waals surface area contributed by atoms with E-state index in [1.54, 1.807) is 0 Å². The first kappa shape index (κ1) is 11.9. The first-order valence-corrected chi connectivity index (χ1v) is 6.46. The lowest BCUT2D eigenvalue weighted by atomic mass is 10.1. The van der Waals surface area contributed by atoms with Crippen LogP contribution in [0.4, 0.5) is 0 Å². The van der Waals surface area contributed by atoms with Crippen LogP contribution in [0.2, 0.25) is 0 Å². The Labute approximate surface area is 97.8 Å². The van der Waals surface area contributed by atoms with Gasteiger partial charge >= 0.3 is 0 Å². The predicted octanol–water partition coefficient (Wildman–Crippen LogP) is 0.420. The third-order valence-corrected chi connectivity index (χ3v) is 4.06. The molecule has 0 aromatic heterocycles. The maximum Gasteiger partial charge on any atom is 0.234 e. The van der Waals surface area contributed by atoms with Gasteiger partial charge in [0.2, 0.25) is 5.91 Å². The highest BCUT2D eigenvalue weighted by Gasteiger charge is 2.32. The molecule has 1 amide bonds. The van der Waals surface area contributed by atoms with Gasteiger partial charge in [0, 0.05) is 19.1 Å². The highest BCUT2D eigenvalue weighted by Crippen LogP contribution is 2.21. The van der Waals surface area contributed by atoms with Crippen molar-refractivity contribution in [3.05, 3.63) is 0 Å². The summed E-state index contributed by atoms with van der Waals surface area (Å²) in [6.45, 7) is 6.43. The monoisotopic (exact) mass is 225 g/mol. The van der Waals surface area contributed by atoms with E-state index in [2.05, 4.69) is 9.80 Å². The van der Waals surface area contributed by atoms with Crippen molar-refractivity contribution in [2.45, 2.75) is 44.7 Å². The number of hydrogen-bond donors (Lipinski definition) is 1. The smallest absolute Gasteiger partial charge is 0.234 e. The molecule has 0 saturated carbocycles. The molecular formula is C12H23N3O. The summed E-state index contributed by atoms with van der Waals surface area (Å²) in [5.74, 6) is -0.195. The normalized spacial score (nSPS) is 30.4. The standard InChI is InChI=1S/C12H23N3O/c1-10(12(13)16)15-8-5-11(9-15)14-6-3-2-4-7-14/h10-11H,2-9H2,1H3,(H2,13,16). The quantitative estimate of drug-likeness (QED) is 0.757. The van der Waals surface area contributed by atoms with Gasteiger partial charge in [0.1, 0.15) is 0 Å². The summed E-state index contributed by atoms with van der Waals surface area (Å²) in [4.78, 5) is 16.0. The number of hydrogen-bond acceptors (Lipinski definition) is 3. The Morgan fingerprint density at radius 1 is 1.25 bits per heavy atom. The summed E-state index contributed by atoms with van der Waals surface area (Å²) >= 11 is 0. The van der Waals surface area contributed by atoms with Crippen molar-refractivity contribution >= 4 is 5.91 Å². The lowest BCUT2D eigenvalue weighted by Gasteiger charge is -2.32. The van der Waals surface area contributed by atoms with E-state index in [0.29, 0.717) is 6.04 Å². The average molecular weight is 225 g/mol. The Kier molecular flexibility index (Phi) is 3.82. The number of primary amides is 1. The van der Waals surface area contributed by atoms with Crippen LogP contribution in [0.25, 0.3) is 0 Å². The van der Waals surface area contributed by atoms with Crippen LogP contribution in [0.5, 0.6) is 0 Å². The Balaban J connectivity index is 1.84. The van der Waals surface area contributed by atoms with E-state index in [-0.39, 0.29) is 11.9 Å². The van der Waals surface area contributed by atoms with Crippen molar-refractivity contribution in [3.8, 4) is 0 Å². The fraction of sp³-hybridized carbons (Fsp3) is 0.917. The molecule has 0 aromatic rings. The van der Waals surface area contributed by atoms with Crippen LogP contribution < -0.4 is 5.73 Å². The zero-order valence-electron chi connectivity index (χ0n) is 10.2. The van der Waals surface area contributed by atoms with Crippen molar-refractivity contribution in [1.29, 1.82) is 0 Å². The third kappa shape index (κ3) is 2.55. The molecule has 2 rings (SSSR count). The maximum absolute atomic E-state index is 11.1. The summed E-state index contributed by atoms with van der Waals surface area (Å²) in [7, 11) is 0. The summed E-state index contributed by atoms with van der Waals surface area (Å²) < 4.78 is 0. The van der Waals surface area contributed by atoms with Gasteiger partial charge in [0.25, 0.3) is 0 Å². The average Bonchev–Trinajstić information content (AvgIpc) is 2.78. The highest BCUT2D eigenvalue weighted by molar-refractivity contribution is 5.79. The molecule has 0 aliphatic carbocycles. The number of rotatable bonds is 3. The van der Waals surface area contributed by atoms with Crippen LogP contribution in [0, 0.1) is 0 Å². The van der Waals surface area contributed by atoms with Gasteiger partial charge in [-0.05, 0) is 39.3 Å². The van der Waals surface area contributed by atoms with Gasteiger partial charge in [0.05, 0.1) is 6.04 Å². The lowest BCUT2D eigenvalue weighted by molar-refractivity contribution is -0.122. The number of likely N-dealkylation sites (tertiary alicyclic amines) is 2. The van der Waals surface area contributed by atoms with Gasteiger partial charge in [-0.2, -0.15) is 0 Å². The molecule has 0 aromatic carbocycles. The van der Waals surface area contributed by atoms with E-state index in [4.69, 9.17) is 5.73 Å². The zero-order valence-corrected chi connectivity index (χ0v) is 10.2. The summed E-state index contributed by atoms with van der Waals surface area (Å²) in [5.41, 5.74) is 5.35. The van der Waals surface area contributed by atoms with Crippen molar-refractivity contribution in [3.63, 3.8) is 0 Å². The molecule has 2 fully saturated rings. The van der Waals surface area contributed by atoms with Gasteiger partial charge < -0.3 is 5.73 Å². The topological polar surface area (TPSA) is 49.6 Å². The number of carbonyl (C=O) groups is 1. The number of nitrogens with zero attached hydrogens (tertiary/aromatic N) is 2. The van der Waals surface area contributed by atoms with E-state index in [1.165, 1.54) is 38.8 Å². The predicted molar refractivity (Wildman–Crippen MR) is 64.1 cm³/mol. The van der Waals surface area contributed by atoms with Crippen molar-refractivity contribution in [2.24, 2.45) is 5.73 Å². The number of piperidine rings is 1. The molecule has 2 saturated heterocycles. The molecule has 4 nitrogen and oxygen atoms in total. The fourth-order valence-corrected chi connectivity index (χ4v) is 2.88. The molecule has 0 spiro atoms. The molecule has 2 aliphatic rings. The van der Waals surface area contributed by atoms with Crippen LogP contribution in [0.3, 0.4) is 0 Å². The minimum absolute atomic E-state index is 0.102. The summed E-state index contributed by atoms with van der Waals surface area (Å²) in [6.07, 6.45) is 5.24. The largest absolute Gasteiger partial charge is 0.368 e. The van der Waals surface area contributed by atoms with Crippen LogP contribution in [-0.2, 0) is 4.79 Å². The number of amides is 1. The Morgan fingerprint density at radius 2 is 1.94 bits per heavy atom. The highest BCUT2D eigenvalue weighted by atomic mass is 16.1. The molecule has 0 radical (unpaired) electrons. The van der Waals surface area contributed by atoms with Crippen molar-refractivity contribution in [2.75, 3.05) is 26.2 Å². The molecule has 2 aliphatic heterocycles. The third-order valence-electron chi connectivity index (χ3n) is 4.06. The minimum atomic E-state index is -0.195. The van der Waals surface area contributed by atoms with Gasteiger partial charge in [0.15, 0.2) is 0 Å². The molecule has 92 valence electrons. The zero-order chi connectivity index (χ0) is 11.5. The second-order valence-corrected chi connectivity index (χ2v) is 5.11. The fourth-order valence-electron chi connectivity index (χ4n) is 2.88. The number of nitrogens with two attached hydrogens (primary N) is 1. The minimum Gasteiger partial charge on any atom is -0.368 e. The summed E-state index contributed by atoms with van der Waals surface area (Å²) in [5, 5.41) is 0. The van der Waals surface area contributed by atoms with Crippen LogP contribution in [0.15, 0.2) is 0 Å². The first-order chi connectivity index (χ1) is 7.68. The van der Waals surface area contributed by atoms with Crippen LogP contribution >= 0.6 is 0 Å². The molecule has 2 heterocycles. The van der Waals surface area contributed by atoms with Gasteiger partial charge in [-0.15, -0.1) is 0 Å². The first-order valence-electron chi connectivity index (χ1n) is 6.46. The maximum atomic E-state index is 11.1.